The molecule has 0 bridgehead atoms. The minimum absolute atomic E-state index is 0.00372. The first kappa shape index (κ1) is 17.4. The number of hydrogen-bond acceptors (Lipinski definition) is 3. The quantitative estimate of drug-likeness (QED) is 0.842. The normalized spacial score (nSPS) is 16.6. The van der Waals surface area contributed by atoms with Gasteiger partial charge in [-0.3, -0.25) is 4.79 Å². The summed E-state index contributed by atoms with van der Waals surface area (Å²) < 4.78 is 19.9. The van der Waals surface area contributed by atoms with Crippen LogP contribution < -0.4 is 15.4 Å². The molecule has 4 nitrogen and oxygen atoms in total. The maximum atomic E-state index is 14.3. The number of hydrogen-bond donors (Lipinski definition) is 2. The lowest BCUT2D eigenvalue weighted by Crippen LogP contribution is -2.49. The highest BCUT2D eigenvalue weighted by Gasteiger charge is 2.29. The molecule has 132 valence electrons. The summed E-state index contributed by atoms with van der Waals surface area (Å²) in [6.45, 7) is 5.55. The molecule has 1 aliphatic rings. The molecule has 1 aliphatic heterocycles. The Kier molecular flexibility index (Phi) is 5.34. The first-order chi connectivity index (χ1) is 12.0. The van der Waals surface area contributed by atoms with Crippen LogP contribution in [0.25, 0.3) is 0 Å². The molecule has 1 heterocycles. The van der Waals surface area contributed by atoms with Crippen molar-refractivity contribution in [2.24, 2.45) is 11.8 Å². The van der Waals surface area contributed by atoms with E-state index in [1.165, 1.54) is 6.07 Å². The van der Waals surface area contributed by atoms with Crippen LogP contribution in [-0.2, 0) is 4.79 Å². The zero-order valence-electron chi connectivity index (χ0n) is 14.5. The van der Waals surface area contributed by atoms with Crippen LogP contribution in [0.5, 0.6) is 11.5 Å². The van der Waals surface area contributed by atoms with Crippen molar-refractivity contribution in [2.75, 3.05) is 13.1 Å². The zero-order chi connectivity index (χ0) is 17.8. The molecule has 25 heavy (non-hydrogen) atoms. The lowest BCUT2D eigenvalue weighted by molar-refractivity contribution is -0.127. The molecule has 1 saturated heterocycles. The fourth-order valence-corrected chi connectivity index (χ4v) is 2.79. The van der Waals surface area contributed by atoms with Crippen molar-refractivity contribution in [1.82, 2.24) is 10.6 Å². The van der Waals surface area contributed by atoms with Crippen molar-refractivity contribution in [3.05, 3.63) is 59.9 Å². The molecule has 2 aromatic carbocycles. The Morgan fingerprint density at radius 1 is 1.20 bits per heavy atom. The average Bonchev–Trinajstić information content (AvgIpc) is 2.56. The van der Waals surface area contributed by atoms with Gasteiger partial charge in [-0.05, 0) is 55.8 Å². The third kappa shape index (κ3) is 4.17. The summed E-state index contributed by atoms with van der Waals surface area (Å²) in [6.07, 6.45) is 0. The van der Waals surface area contributed by atoms with E-state index in [9.17, 15) is 9.18 Å². The van der Waals surface area contributed by atoms with Crippen LogP contribution in [0.15, 0.2) is 48.5 Å². The van der Waals surface area contributed by atoms with E-state index in [1.807, 2.05) is 32.0 Å². The molecule has 3 rings (SSSR count). The van der Waals surface area contributed by atoms with Crippen molar-refractivity contribution < 1.29 is 13.9 Å². The molecule has 1 fully saturated rings. The predicted molar refractivity (Wildman–Crippen MR) is 95.0 cm³/mol. The van der Waals surface area contributed by atoms with Crippen LogP contribution >= 0.6 is 0 Å². The van der Waals surface area contributed by atoms with Crippen LogP contribution in [0.4, 0.5) is 4.39 Å². The molecule has 0 aromatic heterocycles. The van der Waals surface area contributed by atoms with Crippen molar-refractivity contribution in [3.63, 3.8) is 0 Å². The summed E-state index contributed by atoms with van der Waals surface area (Å²) in [4.78, 5) is 12.3. The van der Waals surface area contributed by atoms with Gasteiger partial charge in [0.15, 0.2) is 11.6 Å². The first-order valence-corrected chi connectivity index (χ1v) is 8.58. The fourth-order valence-electron chi connectivity index (χ4n) is 2.79. The second-order valence-electron chi connectivity index (χ2n) is 6.54. The average molecular weight is 342 g/mol. The Morgan fingerprint density at radius 2 is 1.92 bits per heavy atom. The number of rotatable bonds is 6. The maximum Gasteiger partial charge on any atom is 0.223 e. The van der Waals surface area contributed by atoms with Gasteiger partial charge in [-0.15, -0.1) is 0 Å². The standard InChI is InChI=1S/C20H23FN2O2/c1-13(16-11-22-12-16)20(24)23-14(2)15-8-9-19(18(21)10-15)25-17-6-4-3-5-7-17/h3-10,13-14,16,22H,11-12H2,1-2H3,(H,23,24). The Labute approximate surface area is 147 Å². The smallest absolute Gasteiger partial charge is 0.223 e. The second kappa shape index (κ2) is 7.66. The van der Waals surface area contributed by atoms with Gasteiger partial charge in [0.1, 0.15) is 5.75 Å². The number of amides is 1. The van der Waals surface area contributed by atoms with Crippen molar-refractivity contribution >= 4 is 5.91 Å². The van der Waals surface area contributed by atoms with Gasteiger partial charge in [0.05, 0.1) is 6.04 Å². The summed E-state index contributed by atoms with van der Waals surface area (Å²) in [5.74, 6) is 0.642. The Balaban J connectivity index is 1.64. The highest BCUT2D eigenvalue weighted by molar-refractivity contribution is 5.79. The van der Waals surface area contributed by atoms with E-state index in [0.29, 0.717) is 17.2 Å². The van der Waals surface area contributed by atoms with Crippen LogP contribution in [0.2, 0.25) is 0 Å². The van der Waals surface area contributed by atoms with Crippen LogP contribution in [-0.4, -0.2) is 19.0 Å². The zero-order valence-corrected chi connectivity index (χ0v) is 14.5. The summed E-state index contributed by atoms with van der Waals surface area (Å²) in [6, 6.07) is 13.6. The number of benzene rings is 2. The van der Waals surface area contributed by atoms with Crippen molar-refractivity contribution in [1.29, 1.82) is 0 Å². The van der Waals surface area contributed by atoms with Crippen LogP contribution in [0.1, 0.15) is 25.5 Å². The number of carbonyl (C=O) groups is 1. The third-order valence-corrected chi connectivity index (χ3v) is 4.72. The Hall–Kier alpha value is -2.40. The minimum Gasteiger partial charge on any atom is -0.454 e. The van der Waals surface area contributed by atoms with Gasteiger partial charge < -0.3 is 15.4 Å². The Morgan fingerprint density at radius 3 is 2.52 bits per heavy atom. The third-order valence-electron chi connectivity index (χ3n) is 4.72. The molecule has 0 spiro atoms. The molecule has 1 amide bonds. The molecule has 0 aliphatic carbocycles. The van der Waals surface area contributed by atoms with Gasteiger partial charge in [-0.1, -0.05) is 31.2 Å². The number of halogens is 1. The Bertz CT molecular complexity index is 732. The molecule has 0 saturated carbocycles. The number of para-hydroxylation sites is 1. The number of ether oxygens (including phenoxy) is 1. The van der Waals surface area contributed by atoms with E-state index in [2.05, 4.69) is 10.6 Å². The molecule has 2 N–H and O–H groups in total. The summed E-state index contributed by atoms with van der Waals surface area (Å²) in [5, 5.41) is 6.14. The van der Waals surface area contributed by atoms with Gasteiger partial charge in [-0.2, -0.15) is 0 Å². The van der Waals surface area contributed by atoms with Gasteiger partial charge in [-0.25, -0.2) is 4.39 Å². The number of nitrogens with one attached hydrogen (secondary N) is 2. The molecule has 2 atom stereocenters. The van der Waals surface area contributed by atoms with E-state index >= 15 is 0 Å². The summed E-state index contributed by atoms with van der Waals surface area (Å²) >= 11 is 0. The van der Waals surface area contributed by atoms with E-state index in [1.54, 1.807) is 24.3 Å². The highest BCUT2D eigenvalue weighted by atomic mass is 19.1. The molecule has 2 unspecified atom stereocenters. The van der Waals surface area contributed by atoms with Gasteiger partial charge >= 0.3 is 0 Å². The molecular formula is C20H23FN2O2. The lowest BCUT2D eigenvalue weighted by atomic mass is 9.88. The maximum absolute atomic E-state index is 14.3. The number of carbonyl (C=O) groups excluding carboxylic acids is 1. The minimum atomic E-state index is -0.446. The molecule has 5 heteroatoms. The van der Waals surface area contributed by atoms with Gasteiger partial charge in [0, 0.05) is 5.92 Å². The SMILES string of the molecule is CC(NC(=O)C(C)C1CNC1)c1ccc(Oc2ccccc2)c(F)c1. The van der Waals surface area contributed by atoms with E-state index in [4.69, 9.17) is 4.74 Å². The van der Waals surface area contributed by atoms with E-state index < -0.39 is 5.82 Å². The van der Waals surface area contributed by atoms with Crippen LogP contribution in [0, 0.1) is 17.7 Å². The predicted octanol–water partition coefficient (Wildman–Crippen LogP) is 3.65. The van der Waals surface area contributed by atoms with Gasteiger partial charge in [0.2, 0.25) is 5.91 Å². The highest BCUT2D eigenvalue weighted by Crippen LogP contribution is 2.27. The van der Waals surface area contributed by atoms with E-state index in [0.717, 1.165) is 13.1 Å². The summed E-state index contributed by atoms with van der Waals surface area (Å²) in [7, 11) is 0. The molecular weight excluding hydrogens is 319 g/mol. The monoisotopic (exact) mass is 342 g/mol. The van der Waals surface area contributed by atoms with Crippen molar-refractivity contribution in [3.8, 4) is 11.5 Å². The van der Waals surface area contributed by atoms with E-state index in [-0.39, 0.29) is 23.6 Å². The fraction of sp³-hybridized carbons (Fsp3) is 0.350. The van der Waals surface area contributed by atoms with Crippen molar-refractivity contribution in [2.45, 2.75) is 19.9 Å². The largest absolute Gasteiger partial charge is 0.454 e. The summed E-state index contributed by atoms with van der Waals surface area (Å²) in [5.41, 5.74) is 0.713. The van der Waals surface area contributed by atoms with Gasteiger partial charge in [0.25, 0.3) is 0 Å². The first-order valence-electron chi connectivity index (χ1n) is 8.58. The topological polar surface area (TPSA) is 50.4 Å². The second-order valence-corrected chi connectivity index (χ2v) is 6.54. The molecule has 0 radical (unpaired) electrons. The lowest BCUT2D eigenvalue weighted by Gasteiger charge is -2.32. The molecule has 2 aromatic rings. The van der Waals surface area contributed by atoms with Crippen LogP contribution in [0.3, 0.4) is 0 Å².